The van der Waals surface area contributed by atoms with Crippen LogP contribution in [0.1, 0.15) is 34.6 Å². The minimum Gasteiger partial charge on any atom is -0.494 e. The normalized spacial score (nSPS) is 10.4. The fourth-order valence-corrected chi connectivity index (χ4v) is 2.94. The number of benzene rings is 2. The van der Waals surface area contributed by atoms with Crippen molar-refractivity contribution in [2.45, 2.75) is 13.8 Å². The van der Waals surface area contributed by atoms with Crippen LogP contribution in [0.2, 0.25) is 0 Å². The fraction of sp³-hybridized carbons (Fsp3) is 0.227. The van der Waals surface area contributed by atoms with Crippen LogP contribution < -0.4 is 10.1 Å². The lowest BCUT2D eigenvalue weighted by Crippen LogP contribution is -2.11. The number of rotatable bonds is 7. The Hall–Kier alpha value is -3.61. The molecule has 0 saturated heterocycles. The molecule has 0 unspecified atom stereocenters. The van der Waals surface area contributed by atoms with Gasteiger partial charge in [-0.1, -0.05) is 12.1 Å². The van der Waals surface area contributed by atoms with E-state index in [1.54, 1.807) is 37.3 Å². The van der Waals surface area contributed by atoms with Crippen molar-refractivity contribution in [3.8, 4) is 5.75 Å². The molecule has 1 aromatic heterocycles. The van der Waals surface area contributed by atoms with Crippen molar-refractivity contribution < 1.29 is 23.8 Å². The summed E-state index contributed by atoms with van der Waals surface area (Å²) >= 11 is 0. The van der Waals surface area contributed by atoms with Crippen LogP contribution in [0.25, 0.3) is 10.9 Å². The molecule has 0 saturated carbocycles. The van der Waals surface area contributed by atoms with Crippen LogP contribution in [-0.4, -0.2) is 37.2 Å². The molecule has 2 aromatic carbocycles. The highest BCUT2D eigenvalue weighted by Gasteiger charge is 2.20. The van der Waals surface area contributed by atoms with Gasteiger partial charge in [-0.25, -0.2) is 9.59 Å². The Kier molecular flexibility index (Phi) is 6.29. The highest BCUT2D eigenvalue weighted by Crippen LogP contribution is 2.33. The van der Waals surface area contributed by atoms with Gasteiger partial charge < -0.3 is 19.5 Å². The number of methoxy groups -OCH3 is 1. The minimum atomic E-state index is -0.512. The SMILES string of the molecule is CCOC(=O)c1cnc2ccc(OCC)cc2c1Nc1ccccc1C(=O)OC. The number of hydrogen-bond acceptors (Lipinski definition) is 7. The second-order valence-corrected chi connectivity index (χ2v) is 6.04. The lowest BCUT2D eigenvalue weighted by atomic mass is 10.1. The number of carbonyl (C=O) groups excluding carboxylic acids is 2. The van der Waals surface area contributed by atoms with Gasteiger partial charge in [0.05, 0.1) is 42.8 Å². The first-order valence-corrected chi connectivity index (χ1v) is 9.26. The number of nitrogens with zero attached hydrogens (tertiary/aromatic N) is 1. The van der Waals surface area contributed by atoms with Gasteiger partial charge in [0.2, 0.25) is 0 Å². The number of fused-ring (bicyclic) bond motifs is 1. The second-order valence-electron chi connectivity index (χ2n) is 6.04. The third kappa shape index (κ3) is 4.29. The molecule has 0 aliphatic heterocycles. The Balaban J connectivity index is 2.20. The van der Waals surface area contributed by atoms with Gasteiger partial charge in [0, 0.05) is 11.6 Å². The molecule has 7 heteroatoms. The molecule has 0 fully saturated rings. The van der Waals surface area contributed by atoms with Crippen molar-refractivity contribution in [1.82, 2.24) is 4.98 Å². The number of nitrogens with one attached hydrogen (secondary N) is 1. The maximum Gasteiger partial charge on any atom is 0.341 e. The first-order chi connectivity index (χ1) is 14.1. The zero-order valence-electron chi connectivity index (χ0n) is 16.5. The maximum atomic E-state index is 12.6. The van der Waals surface area contributed by atoms with Crippen molar-refractivity contribution in [3.05, 3.63) is 59.8 Å². The van der Waals surface area contributed by atoms with Crippen LogP contribution in [0.4, 0.5) is 11.4 Å². The van der Waals surface area contributed by atoms with Gasteiger partial charge >= 0.3 is 11.9 Å². The summed E-state index contributed by atoms with van der Waals surface area (Å²) in [5.41, 5.74) is 2.24. The fourth-order valence-electron chi connectivity index (χ4n) is 2.94. The van der Waals surface area contributed by atoms with Crippen molar-refractivity contribution in [2.75, 3.05) is 25.6 Å². The summed E-state index contributed by atoms with van der Waals surface area (Å²) in [7, 11) is 1.32. The van der Waals surface area contributed by atoms with Crippen LogP contribution in [0.3, 0.4) is 0 Å². The summed E-state index contributed by atoms with van der Waals surface area (Å²) in [5.74, 6) is -0.354. The van der Waals surface area contributed by atoms with E-state index in [4.69, 9.17) is 14.2 Å². The summed E-state index contributed by atoms with van der Waals surface area (Å²) in [6.45, 7) is 4.36. The Morgan fingerprint density at radius 2 is 1.79 bits per heavy atom. The van der Waals surface area contributed by atoms with Crippen LogP contribution in [-0.2, 0) is 9.47 Å². The third-order valence-electron chi connectivity index (χ3n) is 4.24. The van der Waals surface area contributed by atoms with E-state index in [0.717, 1.165) is 0 Å². The van der Waals surface area contributed by atoms with E-state index < -0.39 is 11.9 Å². The molecule has 29 heavy (non-hydrogen) atoms. The molecule has 1 N–H and O–H groups in total. The largest absolute Gasteiger partial charge is 0.494 e. The third-order valence-corrected chi connectivity index (χ3v) is 4.24. The lowest BCUT2D eigenvalue weighted by Gasteiger charge is -2.16. The molecule has 0 aliphatic carbocycles. The monoisotopic (exact) mass is 394 g/mol. The van der Waals surface area contributed by atoms with E-state index in [1.807, 2.05) is 19.1 Å². The van der Waals surface area contributed by atoms with Crippen molar-refractivity contribution in [3.63, 3.8) is 0 Å². The Morgan fingerprint density at radius 3 is 2.52 bits per heavy atom. The van der Waals surface area contributed by atoms with E-state index in [-0.39, 0.29) is 12.2 Å². The lowest BCUT2D eigenvalue weighted by molar-refractivity contribution is 0.0526. The highest BCUT2D eigenvalue weighted by atomic mass is 16.5. The Labute approximate surface area is 168 Å². The number of para-hydroxylation sites is 1. The first kappa shape index (κ1) is 20.1. The van der Waals surface area contributed by atoms with Crippen molar-refractivity contribution in [1.29, 1.82) is 0 Å². The number of carbonyl (C=O) groups is 2. The summed E-state index contributed by atoms with van der Waals surface area (Å²) in [6, 6.07) is 12.3. The summed E-state index contributed by atoms with van der Waals surface area (Å²) in [4.78, 5) is 29.1. The summed E-state index contributed by atoms with van der Waals surface area (Å²) in [6.07, 6.45) is 1.46. The van der Waals surface area contributed by atoms with E-state index in [9.17, 15) is 9.59 Å². The molecule has 0 bridgehead atoms. The summed E-state index contributed by atoms with van der Waals surface area (Å²) in [5, 5.41) is 3.88. The van der Waals surface area contributed by atoms with Crippen LogP contribution in [0, 0.1) is 0 Å². The average molecular weight is 394 g/mol. The average Bonchev–Trinajstić information content (AvgIpc) is 2.74. The number of esters is 2. The topological polar surface area (TPSA) is 86.8 Å². The number of aromatic nitrogens is 1. The van der Waals surface area contributed by atoms with Crippen LogP contribution in [0.15, 0.2) is 48.7 Å². The van der Waals surface area contributed by atoms with Crippen molar-refractivity contribution in [2.24, 2.45) is 0 Å². The van der Waals surface area contributed by atoms with Gasteiger partial charge in [-0.3, -0.25) is 4.98 Å². The van der Waals surface area contributed by atoms with E-state index >= 15 is 0 Å². The van der Waals surface area contributed by atoms with Crippen molar-refractivity contribution >= 4 is 34.2 Å². The first-order valence-electron chi connectivity index (χ1n) is 9.26. The minimum absolute atomic E-state index is 0.230. The zero-order chi connectivity index (χ0) is 20.8. The molecule has 0 aliphatic rings. The molecule has 3 aromatic rings. The smallest absolute Gasteiger partial charge is 0.341 e. The molecular formula is C22H22N2O5. The zero-order valence-corrected chi connectivity index (χ0v) is 16.5. The molecule has 0 radical (unpaired) electrons. The van der Waals surface area contributed by atoms with Gasteiger partial charge in [-0.2, -0.15) is 0 Å². The molecule has 7 nitrogen and oxygen atoms in total. The van der Waals surface area contributed by atoms with E-state index in [0.29, 0.717) is 40.2 Å². The molecule has 3 rings (SSSR count). The van der Waals surface area contributed by atoms with Gasteiger partial charge in [-0.05, 0) is 44.2 Å². The van der Waals surface area contributed by atoms with Gasteiger partial charge in [0.25, 0.3) is 0 Å². The molecule has 150 valence electrons. The molecule has 0 spiro atoms. The number of ether oxygens (including phenoxy) is 3. The highest BCUT2D eigenvalue weighted by molar-refractivity contribution is 6.07. The van der Waals surface area contributed by atoms with Crippen LogP contribution in [0.5, 0.6) is 5.75 Å². The molecule has 1 heterocycles. The van der Waals surface area contributed by atoms with Crippen LogP contribution >= 0.6 is 0 Å². The standard InChI is InChI=1S/C22H22N2O5/c1-4-28-14-10-11-18-16(12-14)20(17(13-23-18)22(26)29-5-2)24-19-9-7-6-8-15(19)21(25)27-3/h6-13H,4-5H2,1-3H3,(H,23,24). The molecule has 0 amide bonds. The van der Waals surface area contributed by atoms with Gasteiger partial charge in [0.1, 0.15) is 11.3 Å². The molecular weight excluding hydrogens is 372 g/mol. The van der Waals surface area contributed by atoms with E-state index in [2.05, 4.69) is 10.3 Å². The molecule has 0 atom stereocenters. The maximum absolute atomic E-state index is 12.6. The number of pyridine rings is 1. The Morgan fingerprint density at radius 1 is 1.00 bits per heavy atom. The summed E-state index contributed by atoms with van der Waals surface area (Å²) < 4.78 is 15.7. The second kappa shape index (κ2) is 9.05. The quantitative estimate of drug-likeness (QED) is 0.597. The van der Waals surface area contributed by atoms with Gasteiger partial charge in [-0.15, -0.1) is 0 Å². The number of hydrogen-bond donors (Lipinski definition) is 1. The number of anilines is 2. The van der Waals surface area contributed by atoms with Gasteiger partial charge in [0.15, 0.2) is 0 Å². The predicted molar refractivity (Wildman–Crippen MR) is 110 cm³/mol. The predicted octanol–water partition coefficient (Wildman–Crippen LogP) is 4.34. The Bertz CT molecular complexity index is 1050. The van der Waals surface area contributed by atoms with E-state index in [1.165, 1.54) is 13.3 Å².